The monoisotopic (exact) mass is 263 g/mol. The fraction of sp³-hybridized carbons (Fsp3) is 0.900. The number of nitrogens with zero attached hydrogens (tertiary/aromatic N) is 1. The molecule has 0 spiro atoms. The van der Waals surface area contributed by atoms with Gasteiger partial charge in [-0.1, -0.05) is 0 Å². The van der Waals surface area contributed by atoms with Crippen molar-refractivity contribution in [3.63, 3.8) is 0 Å². The molecule has 2 saturated heterocycles. The van der Waals surface area contributed by atoms with Gasteiger partial charge in [0.05, 0.1) is 33.3 Å². The van der Waals surface area contributed by atoms with Gasteiger partial charge in [-0.15, -0.1) is 0 Å². The molecule has 3 atom stereocenters. The topological polar surface area (TPSA) is 26.3 Å². The highest BCUT2D eigenvalue weighted by molar-refractivity contribution is 5.73. The van der Waals surface area contributed by atoms with Gasteiger partial charge < -0.3 is 26.2 Å². The van der Waals surface area contributed by atoms with E-state index < -0.39 is 0 Å². The van der Waals surface area contributed by atoms with Crippen molar-refractivity contribution in [2.75, 3.05) is 33.3 Å². The van der Waals surface area contributed by atoms with E-state index in [-0.39, 0.29) is 28.9 Å². The zero-order valence-electron chi connectivity index (χ0n) is 8.83. The maximum atomic E-state index is 11.5. The number of fused-ring (bicyclic) bond motifs is 2. The van der Waals surface area contributed by atoms with E-state index in [1.54, 1.807) is 0 Å². The molecule has 0 saturated carbocycles. The van der Waals surface area contributed by atoms with Crippen LogP contribution in [0.2, 0.25) is 0 Å². The fourth-order valence-electron chi connectivity index (χ4n) is 2.86. The van der Waals surface area contributed by atoms with Crippen LogP contribution in [0.4, 0.5) is 0 Å². The van der Waals surface area contributed by atoms with Gasteiger partial charge in [0.2, 0.25) is 0 Å². The van der Waals surface area contributed by atoms with Crippen molar-refractivity contribution in [2.45, 2.75) is 13.3 Å². The molecule has 4 heteroatoms. The SMILES string of the molecule is CCOC(=O)C1C[N+]2(C)CCC1C2.[Br-]. The van der Waals surface area contributed by atoms with Crippen LogP contribution in [0.3, 0.4) is 0 Å². The van der Waals surface area contributed by atoms with Crippen molar-refractivity contribution in [3.05, 3.63) is 0 Å². The predicted molar refractivity (Wildman–Crippen MR) is 49.0 cm³/mol. The number of halogens is 1. The average molecular weight is 264 g/mol. The number of esters is 1. The summed E-state index contributed by atoms with van der Waals surface area (Å²) in [5.74, 6) is 0.830. The highest BCUT2D eigenvalue weighted by Gasteiger charge is 2.52. The maximum Gasteiger partial charge on any atom is 0.315 e. The second kappa shape index (κ2) is 4.19. The number of rotatable bonds is 2. The Morgan fingerprint density at radius 3 is 2.64 bits per heavy atom. The van der Waals surface area contributed by atoms with Crippen LogP contribution in [0.1, 0.15) is 13.3 Å². The summed E-state index contributed by atoms with van der Waals surface area (Å²) in [5.41, 5.74) is 0. The molecule has 0 N–H and O–H groups in total. The number of quaternary nitrogens is 1. The van der Waals surface area contributed by atoms with Gasteiger partial charge >= 0.3 is 5.97 Å². The summed E-state index contributed by atoms with van der Waals surface area (Å²) in [6.07, 6.45) is 1.21. The summed E-state index contributed by atoms with van der Waals surface area (Å²) in [4.78, 5) is 11.5. The normalized spacial score (nSPS) is 39.3. The number of hydrogen-bond donors (Lipinski definition) is 0. The van der Waals surface area contributed by atoms with Crippen molar-refractivity contribution in [1.82, 2.24) is 0 Å². The van der Waals surface area contributed by atoms with E-state index >= 15 is 0 Å². The highest BCUT2D eigenvalue weighted by Crippen LogP contribution is 2.38. The van der Waals surface area contributed by atoms with Crippen LogP contribution in [-0.2, 0) is 9.53 Å². The van der Waals surface area contributed by atoms with Gasteiger partial charge in [0.1, 0.15) is 5.92 Å². The first-order valence-corrected chi connectivity index (χ1v) is 5.15. The molecule has 2 fully saturated rings. The van der Waals surface area contributed by atoms with Crippen molar-refractivity contribution < 1.29 is 31.0 Å². The van der Waals surface area contributed by atoms with E-state index in [0.717, 1.165) is 11.0 Å². The molecule has 82 valence electrons. The molecule has 0 amide bonds. The third-order valence-electron chi connectivity index (χ3n) is 3.51. The molecule has 2 heterocycles. The lowest BCUT2D eigenvalue weighted by Gasteiger charge is -2.28. The summed E-state index contributed by atoms with van der Waals surface area (Å²) in [6, 6.07) is 0. The Morgan fingerprint density at radius 2 is 2.21 bits per heavy atom. The standard InChI is InChI=1S/C10H18NO2.BrH/c1-3-13-10(12)9-7-11(2)5-4-8(9)6-11;/h8-9H,3-7H2,1-2H3;1H/q+1;/p-1. The van der Waals surface area contributed by atoms with E-state index in [0.29, 0.717) is 12.5 Å². The molecule has 2 rings (SSSR count). The Labute approximate surface area is 95.8 Å². The summed E-state index contributed by atoms with van der Waals surface area (Å²) in [5, 5.41) is 0. The Morgan fingerprint density at radius 1 is 1.50 bits per heavy atom. The van der Waals surface area contributed by atoms with Gasteiger partial charge in [-0.3, -0.25) is 4.79 Å². The van der Waals surface area contributed by atoms with Crippen LogP contribution in [0.25, 0.3) is 0 Å². The third-order valence-corrected chi connectivity index (χ3v) is 3.51. The summed E-state index contributed by atoms with van der Waals surface area (Å²) < 4.78 is 6.17. The molecule has 0 aromatic carbocycles. The molecule has 0 aliphatic carbocycles. The van der Waals surface area contributed by atoms with Crippen molar-refractivity contribution in [1.29, 1.82) is 0 Å². The lowest BCUT2D eigenvalue weighted by molar-refractivity contribution is -0.890. The van der Waals surface area contributed by atoms with Gasteiger partial charge in [-0.05, 0) is 6.92 Å². The minimum atomic E-state index is 0. The van der Waals surface area contributed by atoms with Crippen LogP contribution in [0.5, 0.6) is 0 Å². The van der Waals surface area contributed by atoms with Gasteiger partial charge in [0.25, 0.3) is 0 Å². The Kier molecular flexibility index (Phi) is 3.58. The number of piperidine rings is 1. The summed E-state index contributed by atoms with van der Waals surface area (Å²) >= 11 is 0. The van der Waals surface area contributed by atoms with Crippen LogP contribution < -0.4 is 17.0 Å². The Bertz CT molecular complexity index is 234. The molecule has 3 unspecified atom stereocenters. The zero-order chi connectivity index (χ0) is 9.47. The van der Waals surface area contributed by atoms with Gasteiger partial charge in [0, 0.05) is 12.3 Å². The van der Waals surface area contributed by atoms with Crippen LogP contribution >= 0.6 is 0 Å². The molecule has 14 heavy (non-hydrogen) atoms. The Hall–Kier alpha value is -0.0900. The number of carbonyl (C=O) groups is 1. The summed E-state index contributed by atoms with van der Waals surface area (Å²) in [6.45, 7) is 5.83. The molecule has 0 aromatic rings. The highest BCUT2D eigenvalue weighted by atomic mass is 79.9. The van der Waals surface area contributed by atoms with E-state index in [4.69, 9.17) is 4.74 Å². The second-order valence-corrected chi connectivity index (χ2v) is 4.62. The lowest BCUT2D eigenvalue weighted by atomic mass is 9.93. The molecule has 2 aliphatic heterocycles. The van der Waals surface area contributed by atoms with E-state index in [1.807, 2.05) is 6.92 Å². The minimum absolute atomic E-state index is 0. The molecule has 2 bridgehead atoms. The van der Waals surface area contributed by atoms with Crippen LogP contribution in [0.15, 0.2) is 0 Å². The number of carbonyl (C=O) groups excluding carboxylic acids is 1. The van der Waals surface area contributed by atoms with E-state index in [2.05, 4.69) is 7.05 Å². The maximum absolute atomic E-state index is 11.5. The largest absolute Gasteiger partial charge is 1.00 e. The van der Waals surface area contributed by atoms with Gasteiger partial charge in [0.15, 0.2) is 0 Å². The second-order valence-electron chi connectivity index (χ2n) is 4.62. The van der Waals surface area contributed by atoms with Crippen molar-refractivity contribution in [3.8, 4) is 0 Å². The molecule has 3 nitrogen and oxygen atoms in total. The Balaban J connectivity index is 0.000000980. The smallest absolute Gasteiger partial charge is 0.315 e. The van der Waals surface area contributed by atoms with E-state index in [9.17, 15) is 4.79 Å². The zero-order valence-corrected chi connectivity index (χ0v) is 10.4. The fourth-order valence-corrected chi connectivity index (χ4v) is 2.86. The quantitative estimate of drug-likeness (QED) is 0.412. The first-order chi connectivity index (χ1) is 6.14. The van der Waals surface area contributed by atoms with Crippen molar-refractivity contribution >= 4 is 5.97 Å². The number of hydrogen-bond acceptors (Lipinski definition) is 2. The average Bonchev–Trinajstić information content (AvgIpc) is 2.59. The minimum Gasteiger partial charge on any atom is -1.00 e. The van der Waals surface area contributed by atoms with Gasteiger partial charge in [-0.2, -0.15) is 0 Å². The van der Waals surface area contributed by atoms with Crippen LogP contribution in [0, 0.1) is 11.8 Å². The molecule has 0 radical (unpaired) electrons. The predicted octanol–water partition coefficient (Wildman–Crippen LogP) is -2.35. The number of ether oxygens (including phenoxy) is 1. The molecular weight excluding hydrogens is 246 g/mol. The first-order valence-electron chi connectivity index (χ1n) is 5.15. The van der Waals surface area contributed by atoms with Gasteiger partial charge in [-0.25, -0.2) is 0 Å². The summed E-state index contributed by atoms with van der Waals surface area (Å²) in [7, 11) is 2.25. The molecule has 0 aromatic heterocycles. The van der Waals surface area contributed by atoms with Crippen molar-refractivity contribution in [2.24, 2.45) is 11.8 Å². The molecular formula is C10H18BrNO2. The van der Waals surface area contributed by atoms with E-state index in [1.165, 1.54) is 19.5 Å². The first kappa shape index (κ1) is 12.0. The third kappa shape index (κ3) is 1.96. The van der Waals surface area contributed by atoms with Crippen LogP contribution in [-0.4, -0.2) is 43.7 Å². The molecule has 2 aliphatic rings. The lowest BCUT2D eigenvalue weighted by Crippen LogP contribution is -3.00.